The Kier molecular flexibility index (Phi) is 4.13. The van der Waals surface area contributed by atoms with Gasteiger partial charge in [0.25, 0.3) is 5.89 Å². The third-order valence-corrected chi connectivity index (χ3v) is 2.75. The molecule has 0 spiro atoms. The molecule has 2 aromatic rings. The number of nitriles is 1. The van der Waals surface area contributed by atoms with Gasteiger partial charge in [-0.15, -0.1) is 10.2 Å². The Hall–Kier alpha value is -2.55. The summed E-state index contributed by atoms with van der Waals surface area (Å²) < 4.78 is 16.3. The molecule has 2 rings (SSSR count). The Labute approximate surface area is 123 Å². The van der Waals surface area contributed by atoms with E-state index in [0.717, 1.165) is 0 Å². The second-order valence-corrected chi connectivity index (χ2v) is 5.52. The maximum absolute atomic E-state index is 8.86. The summed E-state index contributed by atoms with van der Waals surface area (Å²) in [5.41, 5.74) is 0.309. The lowest BCUT2D eigenvalue weighted by atomic mass is 9.97. The number of methoxy groups -OCH3 is 1. The minimum atomic E-state index is -0.197. The zero-order chi connectivity index (χ0) is 15.5. The van der Waals surface area contributed by atoms with Crippen LogP contribution >= 0.6 is 0 Å². The topological polar surface area (TPSA) is 81.2 Å². The van der Waals surface area contributed by atoms with E-state index in [1.807, 2.05) is 26.8 Å². The summed E-state index contributed by atoms with van der Waals surface area (Å²) in [5, 5.41) is 16.8. The van der Waals surface area contributed by atoms with E-state index in [0.29, 0.717) is 28.8 Å². The summed E-state index contributed by atoms with van der Waals surface area (Å²) in [7, 11) is 1.52. The van der Waals surface area contributed by atoms with Gasteiger partial charge in [-0.3, -0.25) is 0 Å². The maximum atomic E-state index is 8.86. The molecule has 0 amide bonds. The molecule has 1 aromatic carbocycles. The third-order valence-electron chi connectivity index (χ3n) is 2.75. The van der Waals surface area contributed by atoms with E-state index < -0.39 is 0 Å². The lowest BCUT2D eigenvalue weighted by Gasteiger charge is -2.11. The van der Waals surface area contributed by atoms with Gasteiger partial charge in [-0.05, 0) is 12.1 Å². The van der Waals surface area contributed by atoms with Gasteiger partial charge in [-0.1, -0.05) is 20.8 Å². The Balaban J connectivity index is 2.10. The SMILES string of the molecule is COc1cc(C#N)ccc1OCc1nnc(C(C)(C)C)o1. The van der Waals surface area contributed by atoms with E-state index in [1.165, 1.54) is 7.11 Å². The zero-order valence-corrected chi connectivity index (χ0v) is 12.5. The molecule has 21 heavy (non-hydrogen) atoms. The van der Waals surface area contributed by atoms with Crippen molar-refractivity contribution in [3.05, 3.63) is 35.5 Å². The van der Waals surface area contributed by atoms with E-state index in [4.69, 9.17) is 19.2 Å². The fraction of sp³-hybridized carbons (Fsp3) is 0.400. The fourth-order valence-electron chi connectivity index (χ4n) is 1.61. The monoisotopic (exact) mass is 287 g/mol. The first-order valence-electron chi connectivity index (χ1n) is 6.48. The first-order chi connectivity index (χ1) is 9.94. The van der Waals surface area contributed by atoms with Crippen molar-refractivity contribution in [1.29, 1.82) is 5.26 Å². The van der Waals surface area contributed by atoms with Crippen molar-refractivity contribution in [2.75, 3.05) is 7.11 Å². The Morgan fingerprint density at radius 3 is 2.57 bits per heavy atom. The Bertz CT molecular complexity index is 666. The summed E-state index contributed by atoms with van der Waals surface area (Å²) in [6, 6.07) is 7.00. The number of nitrogens with zero attached hydrogens (tertiary/aromatic N) is 3. The Morgan fingerprint density at radius 1 is 1.24 bits per heavy atom. The van der Waals surface area contributed by atoms with Crippen molar-refractivity contribution in [2.45, 2.75) is 32.8 Å². The Morgan fingerprint density at radius 2 is 2.00 bits per heavy atom. The lowest BCUT2D eigenvalue weighted by Crippen LogP contribution is -2.11. The van der Waals surface area contributed by atoms with Crippen LogP contribution in [0.15, 0.2) is 22.6 Å². The molecular formula is C15H17N3O3. The van der Waals surface area contributed by atoms with Gasteiger partial charge in [0.1, 0.15) is 0 Å². The molecule has 110 valence electrons. The van der Waals surface area contributed by atoms with E-state index in [2.05, 4.69) is 10.2 Å². The van der Waals surface area contributed by atoms with Gasteiger partial charge < -0.3 is 13.9 Å². The largest absolute Gasteiger partial charge is 0.493 e. The molecule has 6 heteroatoms. The van der Waals surface area contributed by atoms with Gasteiger partial charge in [0.05, 0.1) is 18.7 Å². The number of aromatic nitrogens is 2. The fourth-order valence-corrected chi connectivity index (χ4v) is 1.61. The molecule has 0 radical (unpaired) electrons. The molecule has 1 aromatic heterocycles. The first-order valence-corrected chi connectivity index (χ1v) is 6.48. The molecule has 0 bridgehead atoms. The zero-order valence-electron chi connectivity index (χ0n) is 12.5. The first kappa shape index (κ1) is 14.9. The average molecular weight is 287 g/mol. The average Bonchev–Trinajstić information content (AvgIpc) is 2.94. The minimum absolute atomic E-state index is 0.144. The molecule has 0 N–H and O–H groups in total. The van der Waals surface area contributed by atoms with Crippen molar-refractivity contribution in [2.24, 2.45) is 0 Å². The van der Waals surface area contributed by atoms with Crippen LogP contribution in [0.1, 0.15) is 38.1 Å². The molecule has 0 unspecified atom stereocenters. The second kappa shape index (κ2) is 5.83. The van der Waals surface area contributed by atoms with E-state index in [9.17, 15) is 0 Å². The van der Waals surface area contributed by atoms with Gasteiger partial charge in [0, 0.05) is 11.5 Å². The van der Waals surface area contributed by atoms with E-state index in [1.54, 1.807) is 18.2 Å². The predicted octanol–water partition coefficient (Wildman–Crippen LogP) is 2.83. The third kappa shape index (κ3) is 3.51. The summed E-state index contributed by atoms with van der Waals surface area (Å²) in [4.78, 5) is 0. The molecule has 0 saturated heterocycles. The molecule has 0 fully saturated rings. The highest BCUT2D eigenvalue weighted by atomic mass is 16.5. The summed E-state index contributed by atoms with van der Waals surface area (Å²) >= 11 is 0. The summed E-state index contributed by atoms with van der Waals surface area (Å²) in [6.07, 6.45) is 0. The van der Waals surface area contributed by atoms with Crippen molar-refractivity contribution in [3.8, 4) is 17.6 Å². The van der Waals surface area contributed by atoms with Gasteiger partial charge in [0.15, 0.2) is 18.1 Å². The second-order valence-electron chi connectivity index (χ2n) is 5.52. The van der Waals surface area contributed by atoms with Gasteiger partial charge in [-0.25, -0.2) is 0 Å². The van der Waals surface area contributed by atoms with Crippen molar-refractivity contribution < 1.29 is 13.9 Å². The van der Waals surface area contributed by atoms with Crippen molar-refractivity contribution >= 4 is 0 Å². The van der Waals surface area contributed by atoms with Crippen LogP contribution in [0.4, 0.5) is 0 Å². The van der Waals surface area contributed by atoms with Gasteiger partial charge in [-0.2, -0.15) is 5.26 Å². The minimum Gasteiger partial charge on any atom is -0.493 e. The van der Waals surface area contributed by atoms with Crippen LogP contribution in [0, 0.1) is 11.3 Å². The van der Waals surface area contributed by atoms with Crippen LogP contribution in [0.5, 0.6) is 11.5 Å². The number of ether oxygens (including phenoxy) is 2. The number of rotatable bonds is 4. The standard InChI is InChI=1S/C15H17N3O3/c1-15(2,3)14-18-17-13(21-14)9-20-11-6-5-10(8-16)7-12(11)19-4/h5-7H,9H2,1-4H3. The van der Waals surface area contributed by atoms with E-state index >= 15 is 0 Å². The lowest BCUT2D eigenvalue weighted by molar-refractivity contribution is 0.241. The molecule has 0 aliphatic carbocycles. The van der Waals surface area contributed by atoms with Gasteiger partial charge >= 0.3 is 0 Å². The van der Waals surface area contributed by atoms with Crippen LogP contribution < -0.4 is 9.47 Å². The number of benzene rings is 1. The molecule has 0 aliphatic heterocycles. The number of hydrogen-bond donors (Lipinski definition) is 0. The van der Waals surface area contributed by atoms with Crippen LogP contribution in [-0.4, -0.2) is 17.3 Å². The number of hydrogen-bond acceptors (Lipinski definition) is 6. The molecule has 0 aliphatic rings. The van der Waals surface area contributed by atoms with Crippen LogP contribution in [-0.2, 0) is 12.0 Å². The quantitative estimate of drug-likeness (QED) is 0.860. The summed E-state index contributed by atoms with van der Waals surface area (Å²) in [5.74, 6) is 1.97. The predicted molar refractivity (Wildman–Crippen MR) is 75.0 cm³/mol. The highest BCUT2D eigenvalue weighted by Crippen LogP contribution is 2.28. The highest BCUT2D eigenvalue weighted by Gasteiger charge is 2.21. The maximum Gasteiger partial charge on any atom is 0.253 e. The molecular weight excluding hydrogens is 270 g/mol. The highest BCUT2D eigenvalue weighted by molar-refractivity contribution is 5.46. The molecule has 0 atom stereocenters. The molecule has 1 heterocycles. The van der Waals surface area contributed by atoms with Crippen LogP contribution in [0.2, 0.25) is 0 Å². The molecule has 6 nitrogen and oxygen atoms in total. The van der Waals surface area contributed by atoms with Crippen molar-refractivity contribution in [1.82, 2.24) is 10.2 Å². The van der Waals surface area contributed by atoms with Crippen LogP contribution in [0.25, 0.3) is 0 Å². The van der Waals surface area contributed by atoms with Crippen molar-refractivity contribution in [3.63, 3.8) is 0 Å². The van der Waals surface area contributed by atoms with Crippen LogP contribution in [0.3, 0.4) is 0 Å². The normalized spacial score (nSPS) is 11.0. The summed E-state index contributed by atoms with van der Waals surface area (Å²) in [6.45, 7) is 6.13. The smallest absolute Gasteiger partial charge is 0.253 e. The van der Waals surface area contributed by atoms with Gasteiger partial charge in [0.2, 0.25) is 5.89 Å². The van der Waals surface area contributed by atoms with E-state index in [-0.39, 0.29) is 12.0 Å². The molecule has 0 saturated carbocycles.